The van der Waals surface area contributed by atoms with E-state index in [2.05, 4.69) is 5.32 Å². The van der Waals surface area contributed by atoms with Crippen LogP contribution in [0.2, 0.25) is 5.02 Å². The van der Waals surface area contributed by atoms with Crippen molar-refractivity contribution in [3.05, 3.63) is 70.2 Å². The second-order valence-corrected chi connectivity index (χ2v) is 6.08. The Morgan fingerprint density at radius 3 is 2.77 bits per heavy atom. The molecule has 7 heteroatoms. The van der Waals surface area contributed by atoms with Crippen LogP contribution in [0.4, 0.5) is 4.39 Å². The van der Waals surface area contributed by atoms with Crippen molar-refractivity contribution in [2.75, 3.05) is 6.61 Å². The molecule has 2 aromatic carbocycles. The van der Waals surface area contributed by atoms with E-state index in [1.54, 1.807) is 43.3 Å². The molecule has 0 saturated heterocycles. The average Bonchev–Trinajstić information content (AvgIpc) is 2.95. The number of amides is 1. The van der Waals surface area contributed by atoms with Gasteiger partial charge in [0.25, 0.3) is 5.91 Å². The second kappa shape index (κ2) is 7.58. The Balaban J connectivity index is 1.59. The summed E-state index contributed by atoms with van der Waals surface area (Å²) in [7, 11) is 0. The molecular weight excluding hydrogens is 361 g/mol. The molecule has 0 aliphatic carbocycles. The number of furan rings is 1. The van der Waals surface area contributed by atoms with Gasteiger partial charge in [0.2, 0.25) is 5.76 Å². The van der Waals surface area contributed by atoms with Crippen LogP contribution in [0.1, 0.15) is 21.7 Å². The maximum Gasteiger partial charge on any atom is 0.375 e. The van der Waals surface area contributed by atoms with Gasteiger partial charge in [0.1, 0.15) is 11.4 Å². The fourth-order valence-corrected chi connectivity index (χ4v) is 2.64. The molecule has 0 bridgehead atoms. The van der Waals surface area contributed by atoms with Gasteiger partial charge in [-0.1, -0.05) is 29.8 Å². The molecule has 0 fully saturated rings. The lowest BCUT2D eigenvalue weighted by Gasteiger charge is -2.07. The fraction of sp³-hybridized carbons (Fsp3) is 0.158. The average molecular weight is 376 g/mol. The van der Waals surface area contributed by atoms with Crippen molar-refractivity contribution in [2.24, 2.45) is 0 Å². The summed E-state index contributed by atoms with van der Waals surface area (Å²) in [4.78, 5) is 24.0. The van der Waals surface area contributed by atoms with Crippen LogP contribution < -0.4 is 5.32 Å². The van der Waals surface area contributed by atoms with Crippen LogP contribution in [0.5, 0.6) is 0 Å². The summed E-state index contributed by atoms with van der Waals surface area (Å²) < 4.78 is 23.9. The van der Waals surface area contributed by atoms with Crippen LogP contribution in [0.15, 0.2) is 46.9 Å². The number of hydrogen-bond donors (Lipinski definition) is 1. The van der Waals surface area contributed by atoms with Crippen molar-refractivity contribution in [3.63, 3.8) is 0 Å². The molecule has 0 aliphatic heterocycles. The molecule has 3 aromatic rings. The van der Waals surface area contributed by atoms with Gasteiger partial charge in [0.05, 0.1) is 0 Å². The number of carbonyl (C=O) groups excluding carboxylic acids is 2. The molecule has 0 spiro atoms. The van der Waals surface area contributed by atoms with E-state index in [0.29, 0.717) is 27.1 Å². The van der Waals surface area contributed by atoms with Crippen LogP contribution in [-0.2, 0) is 16.1 Å². The Morgan fingerprint density at radius 1 is 1.23 bits per heavy atom. The largest absolute Gasteiger partial charge is 0.450 e. The standard InChI is InChI=1S/C19H15ClFNO4/c1-11-14-8-13(20)6-7-16(14)26-18(11)19(24)25-10-17(23)22-9-12-4-2-3-5-15(12)21/h2-8H,9-10H2,1H3,(H,22,23). The minimum Gasteiger partial charge on any atom is -0.450 e. The molecule has 1 aromatic heterocycles. The van der Waals surface area contributed by atoms with E-state index < -0.39 is 24.3 Å². The summed E-state index contributed by atoms with van der Waals surface area (Å²) in [6.45, 7) is 1.22. The molecule has 0 atom stereocenters. The zero-order valence-corrected chi connectivity index (χ0v) is 14.6. The highest BCUT2D eigenvalue weighted by Gasteiger charge is 2.20. The van der Waals surface area contributed by atoms with E-state index in [0.717, 1.165) is 0 Å². The maximum atomic E-state index is 13.5. The van der Waals surface area contributed by atoms with Gasteiger partial charge in [0.15, 0.2) is 6.61 Å². The Hall–Kier alpha value is -2.86. The molecule has 134 valence electrons. The molecule has 26 heavy (non-hydrogen) atoms. The first kappa shape index (κ1) is 17.9. The summed E-state index contributed by atoms with van der Waals surface area (Å²) in [5.41, 5.74) is 1.43. The molecule has 3 rings (SSSR count). The van der Waals surface area contributed by atoms with Crippen LogP contribution >= 0.6 is 11.6 Å². The molecule has 5 nitrogen and oxygen atoms in total. The van der Waals surface area contributed by atoms with Crippen molar-refractivity contribution >= 4 is 34.4 Å². The lowest BCUT2D eigenvalue weighted by molar-refractivity contribution is -0.124. The Kier molecular flexibility index (Phi) is 5.23. The third-order valence-corrected chi connectivity index (χ3v) is 4.09. The van der Waals surface area contributed by atoms with Gasteiger partial charge in [-0.05, 0) is 31.2 Å². The van der Waals surface area contributed by atoms with E-state index in [-0.39, 0.29) is 12.3 Å². The van der Waals surface area contributed by atoms with Crippen LogP contribution in [0, 0.1) is 12.7 Å². The number of halogens is 2. The summed E-state index contributed by atoms with van der Waals surface area (Å²) in [5, 5.41) is 3.72. The predicted molar refractivity (Wildman–Crippen MR) is 94.5 cm³/mol. The van der Waals surface area contributed by atoms with Crippen molar-refractivity contribution in [2.45, 2.75) is 13.5 Å². The second-order valence-electron chi connectivity index (χ2n) is 5.64. The van der Waals surface area contributed by atoms with Gasteiger partial charge < -0.3 is 14.5 Å². The number of rotatable bonds is 5. The smallest absolute Gasteiger partial charge is 0.375 e. The number of hydrogen-bond acceptors (Lipinski definition) is 4. The van der Waals surface area contributed by atoms with Crippen molar-refractivity contribution in [1.29, 1.82) is 0 Å². The maximum absolute atomic E-state index is 13.5. The highest BCUT2D eigenvalue weighted by atomic mass is 35.5. The third-order valence-electron chi connectivity index (χ3n) is 3.85. The summed E-state index contributed by atoms with van der Waals surface area (Å²) >= 11 is 5.94. The number of fused-ring (bicyclic) bond motifs is 1. The quantitative estimate of drug-likeness (QED) is 0.684. The monoisotopic (exact) mass is 375 g/mol. The fourth-order valence-electron chi connectivity index (χ4n) is 2.47. The van der Waals surface area contributed by atoms with E-state index in [1.165, 1.54) is 6.07 Å². The number of esters is 1. The lowest BCUT2D eigenvalue weighted by atomic mass is 10.1. The first-order chi connectivity index (χ1) is 12.5. The number of benzene rings is 2. The first-order valence-corrected chi connectivity index (χ1v) is 8.19. The van der Waals surface area contributed by atoms with Gasteiger partial charge in [-0.3, -0.25) is 4.79 Å². The number of ether oxygens (including phenoxy) is 1. The predicted octanol–water partition coefficient (Wildman–Crippen LogP) is 4.01. The molecular formula is C19H15ClFNO4. The van der Waals surface area contributed by atoms with Gasteiger partial charge in [0, 0.05) is 28.1 Å². The highest BCUT2D eigenvalue weighted by Crippen LogP contribution is 2.28. The Bertz CT molecular complexity index is 983. The first-order valence-electron chi connectivity index (χ1n) is 7.81. The van der Waals surface area contributed by atoms with Crippen molar-refractivity contribution < 1.29 is 23.1 Å². The zero-order chi connectivity index (χ0) is 18.7. The van der Waals surface area contributed by atoms with Gasteiger partial charge in [-0.25, -0.2) is 9.18 Å². The molecule has 1 N–H and O–H groups in total. The zero-order valence-electron chi connectivity index (χ0n) is 13.8. The summed E-state index contributed by atoms with van der Waals surface area (Å²) in [6, 6.07) is 11.1. The summed E-state index contributed by atoms with van der Waals surface area (Å²) in [6.07, 6.45) is 0. The van der Waals surface area contributed by atoms with E-state index in [1.807, 2.05) is 0 Å². The highest BCUT2D eigenvalue weighted by molar-refractivity contribution is 6.31. The summed E-state index contributed by atoms with van der Waals surface area (Å²) in [5.74, 6) is -1.69. The lowest BCUT2D eigenvalue weighted by Crippen LogP contribution is -2.28. The van der Waals surface area contributed by atoms with Crippen LogP contribution in [0.3, 0.4) is 0 Å². The normalized spacial score (nSPS) is 10.7. The molecule has 0 radical (unpaired) electrons. The Morgan fingerprint density at radius 2 is 2.00 bits per heavy atom. The number of nitrogens with one attached hydrogen (secondary N) is 1. The molecule has 1 heterocycles. The topological polar surface area (TPSA) is 68.5 Å². The molecule has 0 unspecified atom stereocenters. The van der Waals surface area contributed by atoms with E-state index in [4.69, 9.17) is 20.8 Å². The van der Waals surface area contributed by atoms with Crippen molar-refractivity contribution in [1.82, 2.24) is 5.32 Å². The minimum absolute atomic E-state index is 0.00518. The molecule has 0 aliphatic rings. The Labute approximate surface area is 153 Å². The molecule has 1 amide bonds. The van der Waals surface area contributed by atoms with Crippen LogP contribution in [-0.4, -0.2) is 18.5 Å². The van der Waals surface area contributed by atoms with Crippen LogP contribution in [0.25, 0.3) is 11.0 Å². The van der Waals surface area contributed by atoms with Crippen molar-refractivity contribution in [3.8, 4) is 0 Å². The number of aryl methyl sites for hydroxylation is 1. The number of carbonyl (C=O) groups is 2. The van der Waals surface area contributed by atoms with Gasteiger partial charge in [-0.15, -0.1) is 0 Å². The third kappa shape index (κ3) is 3.86. The molecule has 0 saturated carbocycles. The van der Waals surface area contributed by atoms with E-state index in [9.17, 15) is 14.0 Å². The van der Waals surface area contributed by atoms with Gasteiger partial charge >= 0.3 is 5.97 Å². The SMILES string of the molecule is Cc1c(C(=O)OCC(=O)NCc2ccccc2F)oc2ccc(Cl)cc12. The minimum atomic E-state index is -0.754. The van der Waals surface area contributed by atoms with Gasteiger partial charge in [-0.2, -0.15) is 0 Å². The van der Waals surface area contributed by atoms with E-state index >= 15 is 0 Å².